The number of halogens is 3. The number of hydrogen-bond donors (Lipinski definition) is 0. The van der Waals surface area contributed by atoms with Crippen LogP contribution in [-0.4, -0.2) is 12.6 Å². The molecule has 0 saturated heterocycles. The van der Waals surface area contributed by atoms with E-state index < -0.39 is 0 Å². The van der Waals surface area contributed by atoms with Crippen molar-refractivity contribution in [1.82, 2.24) is 0 Å². The molecular formula is C10H9Br3O2. The lowest BCUT2D eigenvalue weighted by Gasteiger charge is -2.07. The fraction of sp³-hybridized carbons (Fsp3) is 0.300. The first-order chi connectivity index (χ1) is 7.10. The van der Waals surface area contributed by atoms with Crippen LogP contribution in [0.2, 0.25) is 0 Å². The fourth-order valence-electron chi connectivity index (χ4n) is 1.06. The summed E-state index contributed by atoms with van der Waals surface area (Å²) in [6.45, 7) is 2.16. The Kier molecular flexibility index (Phi) is 5.29. The zero-order chi connectivity index (χ0) is 11.4. The number of hydrogen-bond acceptors (Lipinski definition) is 2. The van der Waals surface area contributed by atoms with E-state index in [1.54, 1.807) is 13.0 Å². The molecular weight excluding hydrogens is 392 g/mol. The van der Waals surface area contributed by atoms with Crippen LogP contribution in [0.1, 0.15) is 22.8 Å². The highest BCUT2D eigenvalue weighted by atomic mass is 79.9. The van der Waals surface area contributed by atoms with Gasteiger partial charge in [-0.05, 0) is 40.5 Å². The topological polar surface area (TPSA) is 26.3 Å². The summed E-state index contributed by atoms with van der Waals surface area (Å²) in [5, 5.41) is 0.731. The van der Waals surface area contributed by atoms with Crippen LogP contribution >= 0.6 is 47.8 Å². The third-order valence-corrected chi connectivity index (χ3v) is 3.77. The van der Waals surface area contributed by atoms with Crippen molar-refractivity contribution in [1.29, 1.82) is 0 Å². The van der Waals surface area contributed by atoms with E-state index in [1.807, 2.05) is 6.07 Å². The van der Waals surface area contributed by atoms with Gasteiger partial charge in [-0.25, -0.2) is 4.79 Å². The van der Waals surface area contributed by atoms with E-state index in [4.69, 9.17) is 4.74 Å². The zero-order valence-corrected chi connectivity index (χ0v) is 12.8. The third-order valence-electron chi connectivity index (χ3n) is 1.78. The summed E-state index contributed by atoms with van der Waals surface area (Å²) in [5.41, 5.74) is 1.61. The molecule has 1 aromatic carbocycles. The van der Waals surface area contributed by atoms with Gasteiger partial charge in [-0.1, -0.05) is 31.9 Å². The summed E-state index contributed by atoms with van der Waals surface area (Å²) in [5.74, 6) is -0.314. The minimum Gasteiger partial charge on any atom is -0.462 e. The third kappa shape index (κ3) is 3.29. The highest BCUT2D eigenvalue weighted by Crippen LogP contribution is 2.28. The van der Waals surface area contributed by atoms with Crippen LogP contribution in [-0.2, 0) is 10.1 Å². The van der Waals surface area contributed by atoms with Crippen molar-refractivity contribution in [2.24, 2.45) is 0 Å². The molecule has 0 unspecified atom stereocenters. The Morgan fingerprint density at radius 3 is 2.53 bits per heavy atom. The van der Waals surface area contributed by atoms with Crippen molar-refractivity contribution in [3.63, 3.8) is 0 Å². The van der Waals surface area contributed by atoms with Gasteiger partial charge in [0.15, 0.2) is 0 Å². The highest BCUT2D eigenvalue weighted by Gasteiger charge is 2.13. The first-order valence-corrected chi connectivity index (χ1v) is 7.01. The second kappa shape index (κ2) is 6.01. The Bertz CT molecular complexity index is 377. The van der Waals surface area contributed by atoms with E-state index in [9.17, 15) is 4.79 Å². The van der Waals surface area contributed by atoms with Crippen LogP contribution in [0.25, 0.3) is 0 Å². The minimum atomic E-state index is -0.314. The van der Waals surface area contributed by atoms with Crippen molar-refractivity contribution in [2.75, 3.05) is 6.61 Å². The molecule has 15 heavy (non-hydrogen) atoms. The Balaban J connectivity index is 3.10. The fourth-order valence-corrected chi connectivity index (χ4v) is 2.93. The van der Waals surface area contributed by atoms with Crippen LogP contribution in [0.15, 0.2) is 21.1 Å². The Morgan fingerprint density at radius 2 is 2.00 bits per heavy atom. The second-order valence-electron chi connectivity index (χ2n) is 2.78. The van der Waals surface area contributed by atoms with Crippen LogP contribution in [0.5, 0.6) is 0 Å². The lowest BCUT2D eigenvalue weighted by atomic mass is 10.1. The summed E-state index contributed by atoms with van der Waals surface area (Å²) in [6.07, 6.45) is 0. The van der Waals surface area contributed by atoms with Gasteiger partial charge < -0.3 is 4.74 Å². The normalized spacial score (nSPS) is 10.1. The molecule has 1 aromatic rings. The van der Waals surface area contributed by atoms with Crippen LogP contribution < -0.4 is 0 Å². The van der Waals surface area contributed by atoms with E-state index in [-0.39, 0.29) is 5.97 Å². The number of ether oxygens (including phenoxy) is 1. The van der Waals surface area contributed by atoms with Crippen molar-refractivity contribution < 1.29 is 9.53 Å². The number of benzene rings is 1. The standard InChI is InChI=1S/C10H9Br3O2/c1-2-15-10(14)7-4-8(12)6(5-11)3-9(7)13/h3-4H,2,5H2,1H3. The van der Waals surface area contributed by atoms with E-state index in [0.29, 0.717) is 12.2 Å². The maximum Gasteiger partial charge on any atom is 0.339 e. The summed E-state index contributed by atoms with van der Waals surface area (Å²) in [7, 11) is 0. The smallest absolute Gasteiger partial charge is 0.339 e. The van der Waals surface area contributed by atoms with Crippen molar-refractivity contribution in [3.8, 4) is 0 Å². The molecule has 0 heterocycles. The van der Waals surface area contributed by atoms with Crippen molar-refractivity contribution >= 4 is 53.8 Å². The largest absolute Gasteiger partial charge is 0.462 e. The molecule has 0 N–H and O–H groups in total. The van der Waals surface area contributed by atoms with Gasteiger partial charge in [0, 0.05) is 14.3 Å². The summed E-state index contributed by atoms with van der Waals surface area (Å²) in [4.78, 5) is 11.5. The Hall–Kier alpha value is 0.130. The molecule has 0 aliphatic rings. The lowest BCUT2D eigenvalue weighted by molar-refractivity contribution is 0.0525. The number of rotatable bonds is 3. The molecule has 0 spiro atoms. The maximum atomic E-state index is 11.5. The predicted molar refractivity (Wildman–Crippen MR) is 70.4 cm³/mol. The number of carbonyl (C=O) groups is 1. The molecule has 0 aliphatic heterocycles. The summed E-state index contributed by atoms with van der Waals surface area (Å²) in [6, 6.07) is 3.66. The van der Waals surface area contributed by atoms with Crippen molar-refractivity contribution in [3.05, 3.63) is 32.2 Å². The highest BCUT2D eigenvalue weighted by molar-refractivity contribution is 9.11. The van der Waals surface area contributed by atoms with Gasteiger partial charge >= 0.3 is 5.97 Å². The SMILES string of the molecule is CCOC(=O)c1cc(Br)c(CBr)cc1Br. The monoisotopic (exact) mass is 398 g/mol. The summed E-state index contributed by atoms with van der Waals surface area (Å²) >= 11 is 10.1. The molecule has 0 saturated carbocycles. The van der Waals surface area contributed by atoms with Crippen LogP contribution in [0.4, 0.5) is 0 Å². The quantitative estimate of drug-likeness (QED) is 0.559. The second-order valence-corrected chi connectivity index (χ2v) is 5.05. The number of carbonyl (C=O) groups excluding carboxylic acids is 1. The molecule has 0 fully saturated rings. The Labute approximate surface area is 114 Å². The van der Waals surface area contributed by atoms with E-state index in [2.05, 4.69) is 47.8 Å². The maximum absolute atomic E-state index is 11.5. The van der Waals surface area contributed by atoms with Crippen LogP contribution in [0, 0.1) is 0 Å². The number of alkyl halides is 1. The molecule has 0 aromatic heterocycles. The van der Waals surface area contributed by atoms with E-state index in [0.717, 1.165) is 19.8 Å². The van der Waals surface area contributed by atoms with Gasteiger partial charge in [0.1, 0.15) is 0 Å². The van der Waals surface area contributed by atoms with Gasteiger partial charge in [-0.3, -0.25) is 0 Å². The Morgan fingerprint density at radius 1 is 1.33 bits per heavy atom. The van der Waals surface area contributed by atoms with Gasteiger partial charge in [0.2, 0.25) is 0 Å². The van der Waals surface area contributed by atoms with Crippen LogP contribution in [0.3, 0.4) is 0 Å². The van der Waals surface area contributed by atoms with Gasteiger partial charge in [0.25, 0.3) is 0 Å². The molecule has 82 valence electrons. The average molecular weight is 401 g/mol. The molecule has 0 amide bonds. The average Bonchev–Trinajstić information content (AvgIpc) is 2.21. The molecule has 0 atom stereocenters. The first kappa shape index (κ1) is 13.2. The minimum absolute atomic E-state index is 0.314. The number of esters is 1. The molecule has 0 radical (unpaired) electrons. The summed E-state index contributed by atoms with van der Waals surface area (Å²) < 4.78 is 6.58. The molecule has 1 rings (SSSR count). The van der Waals surface area contributed by atoms with Gasteiger partial charge in [0.05, 0.1) is 12.2 Å². The predicted octanol–water partition coefficient (Wildman–Crippen LogP) is 4.28. The molecule has 2 nitrogen and oxygen atoms in total. The zero-order valence-electron chi connectivity index (χ0n) is 8.02. The molecule has 0 bridgehead atoms. The van der Waals surface area contributed by atoms with Crippen molar-refractivity contribution in [2.45, 2.75) is 12.3 Å². The molecule has 0 aliphatic carbocycles. The van der Waals surface area contributed by atoms with E-state index >= 15 is 0 Å². The lowest BCUT2D eigenvalue weighted by Crippen LogP contribution is -2.06. The van der Waals surface area contributed by atoms with Gasteiger partial charge in [-0.2, -0.15) is 0 Å². The first-order valence-electron chi connectivity index (χ1n) is 4.31. The molecule has 5 heteroatoms. The van der Waals surface area contributed by atoms with E-state index in [1.165, 1.54) is 0 Å². The van der Waals surface area contributed by atoms with Gasteiger partial charge in [-0.15, -0.1) is 0 Å².